The molecule has 3 aromatic heterocycles. The summed E-state index contributed by atoms with van der Waals surface area (Å²) >= 11 is 1.90. The lowest BCUT2D eigenvalue weighted by Gasteiger charge is -2.32. The van der Waals surface area contributed by atoms with Crippen LogP contribution in [0.3, 0.4) is 0 Å². The first-order valence-corrected chi connectivity index (χ1v) is 11.6. The van der Waals surface area contributed by atoms with E-state index in [2.05, 4.69) is 70.5 Å². The van der Waals surface area contributed by atoms with Crippen molar-refractivity contribution in [3.8, 4) is 0 Å². The van der Waals surface area contributed by atoms with Gasteiger partial charge < -0.3 is 9.47 Å². The molecule has 0 spiro atoms. The maximum absolute atomic E-state index is 5.17. The van der Waals surface area contributed by atoms with E-state index in [0.717, 1.165) is 24.4 Å². The zero-order valence-corrected chi connectivity index (χ0v) is 18.5. The molecule has 5 heterocycles. The summed E-state index contributed by atoms with van der Waals surface area (Å²) in [6.07, 6.45) is 6.75. The number of thioether (sulfide) groups is 1. The SMILES string of the molecule is CC[C@@H]1CSC2=N[C@@H](c3ccccn3)[C@H](c3cc(C)n(Cc4ccncc4)c3C)N21. The van der Waals surface area contributed by atoms with E-state index in [1.165, 1.54) is 27.7 Å². The maximum Gasteiger partial charge on any atom is 0.160 e. The van der Waals surface area contributed by atoms with Crippen molar-refractivity contribution in [2.24, 2.45) is 4.99 Å². The van der Waals surface area contributed by atoms with Crippen LogP contribution in [-0.2, 0) is 6.54 Å². The summed E-state index contributed by atoms with van der Waals surface area (Å²) < 4.78 is 2.42. The minimum atomic E-state index is 0.0397. The fourth-order valence-corrected chi connectivity index (χ4v) is 6.07. The lowest BCUT2D eigenvalue weighted by molar-refractivity contribution is 0.254. The van der Waals surface area contributed by atoms with Gasteiger partial charge in [0.25, 0.3) is 0 Å². The number of hydrogen-bond acceptors (Lipinski definition) is 5. The first-order valence-electron chi connectivity index (χ1n) is 10.6. The van der Waals surface area contributed by atoms with Gasteiger partial charge in [0, 0.05) is 48.3 Å². The van der Waals surface area contributed by atoms with Crippen molar-refractivity contribution in [2.75, 3.05) is 5.75 Å². The highest BCUT2D eigenvalue weighted by Gasteiger charge is 2.46. The van der Waals surface area contributed by atoms with Gasteiger partial charge in [-0.25, -0.2) is 0 Å². The van der Waals surface area contributed by atoms with Crippen LogP contribution in [0.25, 0.3) is 0 Å². The van der Waals surface area contributed by atoms with E-state index in [9.17, 15) is 0 Å². The predicted octanol–water partition coefficient (Wildman–Crippen LogP) is 4.92. The molecule has 154 valence electrons. The molecule has 2 aliphatic rings. The Morgan fingerprint density at radius 2 is 1.93 bits per heavy atom. The number of rotatable bonds is 5. The minimum absolute atomic E-state index is 0.0397. The quantitative estimate of drug-likeness (QED) is 0.591. The van der Waals surface area contributed by atoms with E-state index in [4.69, 9.17) is 4.99 Å². The number of aromatic nitrogens is 3. The number of hydrogen-bond donors (Lipinski definition) is 0. The summed E-state index contributed by atoms with van der Waals surface area (Å²) in [4.78, 5) is 16.6. The Labute approximate surface area is 182 Å². The van der Waals surface area contributed by atoms with Crippen molar-refractivity contribution in [3.63, 3.8) is 0 Å². The van der Waals surface area contributed by atoms with Gasteiger partial charge >= 0.3 is 0 Å². The first kappa shape index (κ1) is 19.4. The summed E-state index contributed by atoms with van der Waals surface area (Å²) in [5.41, 5.74) is 6.30. The highest BCUT2D eigenvalue weighted by Crippen LogP contribution is 2.49. The van der Waals surface area contributed by atoms with Gasteiger partial charge in [-0.1, -0.05) is 24.8 Å². The van der Waals surface area contributed by atoms with Crippen molar-refractivity contribution in [2.45, 2.75) is 51.9 Å². The Kier molecular flexibility index (Phi) is 5.11. The minimum Gasteiger partial charge on any atom is -0.344 e. The molecule has 5 rings (SSSR count). The van der Waals surface area contributed by atoms with Gasteiger partial charge in [-0.2, -0.15) is 0 Å². The summed E-state index contributed by atoms with van der Waals surface area (Å²) in [7, 11) is 0. The number of aryl methyl sites for hydroxylation is 1. The lowest BCUT2D eigenvalue weighted by Crippen LogP contribution is -2.35. The zero-order valence-electron chi connectivity index (χ0n) is 17.7. The fraction of sp³-hybridized carbons (Fsp3) is 0.375. The van der Waals surface area contributed by atoms with Gasteiger partial charge in [-0.3, -0.25) is 15.0 Å². The second kappa shape index (κ2) is 7.91. The molecule has 1 fully saturated rings. The van der Waals surface area contributed by atoms with E-state index in [-0.39, 0.29) is 12.1 Å². The second-order valence-electron chi connectivity index (χ2n) is 8.10. The number of pyridine rings is 2. The monoisotopic (exact) mass is 417 g/mol. The molecule has 0 aliphatic carbocycles. The Balaban J connectivity index is 1.57. The Bertz CT molecular complexity index is 1060. The Morgan fingerprint density at radius 3 is 2.67 bits per heavy atom. The topological polar surface area (TPSA) is 46.3 Å². The molecule has 0 bridgehead atoms. The number of aliphatic imine (C=N–C) groups is 1. The van der Waals surface area contributed by atoms with Crippen LogP contribution in [0.4, 0.5) is 0 Å². The number of amidine groups is 1. The molecule has 5 nitrogen and oxygen atoms in total. The second-order valence-corrected chi connectivity index (χ2v) is 9.09. The third-order valence-electron chi connectivity index (χ3n) is 6.35. The van der Waals surface area contributed by atoms with E-state index in [1.54, 1.807) is 0 Å². The molecule has 0 radical (unpaired) electrons. The van der Waals surface area contributed by atoms with Gasteiger partial charge in [0.2, 0.25) is 0 Å². The van der Waals surface area contributed by atoms with Gasteiger partial charge in [-0.15, -0.1) is 0 Å². The summed E-state index contributed by atoms with van der Waals surface area (Å²) in [6, 6.07) is 13.5. The molecule has 30 heavy (non-hydrogen) atoms. The van der Waals surface area contributed by atoms with Crippen LogP contribution in [0.2, 0.25) is 0 Å². The van der Waals surface area contributed by atoms with Crippen molar-refractivity contribution in [1.29, 1.82) is 0 Å². The van der Waals surface area contributed by atoms with Crippen molar-refractivity contribution < 1.29 is 0 Å². The first-order chi connectivity index (χ1) is 14.7. The Hall–Kier alpha value is -2.60. The smallest absolute Gasteiger partial charge is 0.160 e. The molecule has 0 unspecified atom stereocenters. The van der Waals surface area contributed by atoms with Crippen LogP contribution < -0.4 is 0 Å². The van der Waals surface area contributed by atoms with E-state index in [0.29, 0.717) is 6.04 Å². The summed E-state index contributed by atoms with van der Waals surface area (Å²) in [6.45, 7) is 7.61. The largest absolute Gasteiger partial charge is 0.344 e. The maximum atomic E-state index is 5.17. The molecule has 0 saturated carbocycles. The van der Waals surface area contributed by atoms with E-state index in [1.807, 2.05) is 36.4 Å². The van der Waals surface area contributed by atoms with Crippen molar-refractivity contribution in [1.82, 2.24) is 19.4 Å². The fourth-order valence-electron chi connectivity index (χ4n) is 4.73. The normalized spacial score (nSPS) is 23.0. The number of nitrogens with zero attached hydrogens (tertiary/aromatic N) is 5. The molecule has 6 heteroatoms. The highest BCUT2D eigenvalue weighted by molar-refractivity contribution is 8.14. The van der Waals surface area contributed by atoms with Crippen LogP contribution in [0.15, 0.2) is 60.0 Å². The average Bonchev–Trinajstić information content (AvgIpc) is 3.43. The van der Waals surface area contributed by atoms with Crippen LogP contribution in [0.1, 0.15) is 53.6 Å². The lowest BCUT2D eigenvalue weighted by atomic mass is 9.95. The molecule has 0 amide bonds. The van der Waals surface area contributed by atoms with E-state index < -0.39 is 0 Å². The van der Waals surface area contributed by atoms with Crippen LogP contribution >= 0.6 is 11.8 Å². The summed E-state index contributed by atoms with van der Waals surface area (Å²) in [5.74, 6) is 1.12. The third kappa shape index (κ3) is 3.23. The molecule has 0 N–H and O–H groups in total. The third-order valence-corrected chi connectivity index (χ3v) is 7.48. The predicted molar refractivity (Wildman–Crippen MR) is 123 cm³/mol. The molecule has 1 saturated heterocycles. The average molecular weight is 418 g/mol. The Morgan fingerprint density at radius 1 is 1.10 bits per heavy atom. The van der Waals surface area contributed by atoms with Crippen LogP contribution in [-0.4, -0.2) is 36.4 Å². The van der Waals surface area contributed by atoms with Crippen molar-refractivity contribution in [3.05, 3.63) is 83.2 Å². The molecule has 0 aromatic carbocycles. The van der Waals surface area contributed by atoms with Crippen LogP contribution in [0.5, 0.6) is 0 Å². The van der Waals surface area contributed by atoms with Gasteiger partial charge in [0.1, 0.15) is 6.04 Å². The van der Waals surface area contributed by atoms with Gasteiger partial charge in [0.15, 0.2) is 5.17 Å². The standard InChI is InChI=1S/C24H27N5S/c1-4-19-15-30-24-27-22(21-7-5-6-10-26-21)23(29(19)24)20-13-16(2)28(17(20)3)14-18-8-11-25-12-9-18/h5-13,19,22-23H,4,14-15H2,1-3H3/t19-,22+,23+/m1/s1. The summed E-state index contributed by atoms with van der Waals surface area (Å²) in [5, 5.41) is 1.18. The zero-order chi connectivity index (χ0) is 20.7. The van der Waals surface area contributed by atoms with E-state index >= 15 is 0 Å². The number of fused-ring (bicyclic) bond motifs is 1. The molecule has 2 aliphatic heterocycles. The van der Waals surface area contributed by atoms with Crippen molar-refractivity contribution >= 4 is 16.9 Å². The highest BCUT2D eigenvalue weighted by atomic mass is 32.2. The molecule has 3 atom stereocenters. The molecular formula is C24H27N5S. The molecule has 3 aromatic rings. The van der Waals surface area contributed by atoms with Crippen LogP contribution in [0, 0.1) is 13.8 Å². The van der Waals surface area contributed by atoms with Gasteiger partial charge in [0.05, 0.1) is 11.7 Å². The van der Waals surface area contributed by atoms with Gasteiger partial charge in [-0.05, 0) is 61.7 Å². The molecular weight excluding hydrogens is 390 g/mol.